The van der Waals surface area contributed by atoms with E-state index in [-0.39, 0.29) is 8.67 Å². The second kappa shape index (κ2) is 4.29. The van der Waals surface area contributed by atoms with Crippen LogP contribution in [0.2, 0.25) is 8.67 Å². The lowest BCUT2D eigenvalue weighted by molar-refractivity contribution is -0.122. The van der Waals surface area contributed by atoms with Gasteiger partial charge in [-0.1, -0.05) is 23.2 Å². The highest BCUT2D eigenvalue weighted by Crippen LogP contribution is 2.48. The van der Waals surface area contributed by atoms with Gasteiger partial charge >= 0.3 is 0 Å². The van der Waals surface area contributed by atoms with Crippen molar-refractivity contribution in [2.45, 2.75) is 17.2 Å². The van der Waals surface area contributed by atoms with Crippen LogP contribution in [0.15, 0.2) is 11.0 Å². The second-order valence-corrected chi connectivity index (χ2v) is 7.61. The van der Waals surface area contributed by atoms with Crippen LogP contribution in [-0.2, 0) is 14.8 Å². The average Bonchev–Trinajstić information content (AvgIpc) is 2.68. The molecule has 10 heteroatoms. The van der Waals surface area contributed by atoms with Gasteiger partial charge in [-0.3, -0.25) is 4.79 Å². The Kier molecular flexibility index (Phi) is 3.33. The normalized spacial score (nSPS) is 21.7. The minimum Gasteiger partial charge on any atom is -0.273 e. The average molecular weight is 336 g/mol. The Balaban J connectivity index is 2.18. The van der Waals surface area contributed by atoms with E-state index in [1.807, 2.05) is 0 Å². The first-order valence-corrected chi connectivity index (χ1v) is 7.58. The highest BCUT2D eigenvalue weighted by molar-refractivity contribution is 7.90. The zero-order chi connectivity index (χ0) is 13.7. The minimum atomic E-state index is -4.26. The molecule has 0 aromatic carbocycles. The van der Waals surface area contributed by atoms with Crippen molar-refractivity contribution in [3.63, 3.8) is 0 Å². The van der Waals surface area contributed by atoms with E-state index in [9.17, 15) is 22.0 Å². The molecule has 1 atom stereocenters. The van der Waals surface area contributed by atoms with Crippen molar-refractivity contribution < 1.29 is 22.0 Å². The molecule has 1 aromatic heterocycles. The SMILES string of the molecule is O=C(NS(=O)(=O)c1cc(Cl)sc1Cl)C1CC1(F)F. The number of carbonyl (C=O) groups excluding carboxylic acids is 1. The third-order valence-corrected chi connectivity index (χ3v) is 5.39. The van der Waals surface area contributed by atoms with E-state index in [1.54, 1.807) is 4.72 Å². The van der Waals surface area contributed by atoms with Crippen LogP contribution < -0.4 is 4.72 Å². The van der Waals surface area contributed by atoms with Crippen LogP contribution in [0.25, 0.3) is 0 Å². The van der Waals surface area contributed by atoms with Crippen LogP contribution >= 0.6 is 34.5 Å². The predicted molar refractivity (Wildman–Crippen MR) is 62.7 cm³/mol. The molecule has 1 N–H and O–H groups in total. The van der Waals surface area contributed by atoms with Crippen molar-refractivity contribution in [2.24, 2.45) is 5.92 Å². The van der Waals surface area contributed by atoms with Crippen molar-refractivity contribution in [1.82, 2.24) is 4.72 Å². The first-order chi connectivity index (χ1) is 8.13. The zero-order valence-corrected chi connectivity index (χ0v) is 11.6. The Morgan fingerprint density at radius 1 is 1.50 bits per heavy atom. The Bertz CT molecular complexity index is 614. The summed E-state index contributed by atoms with van der Waals surface area (Å²) in [5.41, 5.74) is 0. The van der Waals surface area contributed by atoms with Gasteiger partial charge < -0.3 is 0 Å². The number of hydrogen-bond acceptors (Lipinski definition) is 4. The molecule has 1 heterocycles. The first-order valence-electron chi connectivity index (χ1n) is 4.53. The Morgan fingerprint density at radius 3 is 2.44 bits per heavy atom. The molecule has 100 valence electrons. The molecule has 1 unspecified atom stereocenters. The summed E-state index contributed by atoms with van der Waals surface area (Å²) in [4.78, 5) is 10.9. The van der Waals surface area contributed by atoms with Crippen molar-refractivity contribution in [1.29, 1.82) is 0 Å². The topological polar surface area (TPSA) is 63.2 Å². The maximum Gasteiger partial charge on any atom is 0.266 e. The lowest BCUT2D eigenvalue weighted by Gasteiger charge is -2.04. The molecular formula is C8H5Cl2F2NO3S2. The summed E-state index contributed by atoms with van der Waals surface area (Å²) in [7, 11) is -4.26. The van der Waals surface area contributed by atoms with E-state index in [1.165, 1.54) is 0 Å². The van der Waals surface area contributed by atoms with Crippen molar-refractivity contribution >= 4 is 50.5 Å². The van der Waals surface area contributed by atoms with E-state index in [0.717, 1.165) is 17.4 Å². The lowest BCUT2D eigenvalue weighted by atomic mass is 10.4. The fraction of sp³-hybridized carbons (Fsp3) is 0.375. The van der Waals surface area contributed by atoms with E-state index in [2.05, 4.69) is 0 Å². The molecule has 4 nitrogen and oxygen atoms in total. The molecule has 0 bridgehead atoms. The standard InChI is InChI=1S/C8H5Cl2F2NO3S2/c9-5-1-4(6(10)17-5)18(15,16)13-7(14)3-2-8(3,11)12/h1,3H,2H2,(H,13,14). The third kappa shape index (κ3) is 2.61. The molecule has 0 aliphatic heterocycles. The second-order valence-electron chi connectivity index (χ2n) is 3.68. The number of rotatable bonds is 3. The Morgan fingerprint density at radius 2 is 2.06 bits per heavy atom. The van der Waals surface area contributed by atoms with E-state index >= 15 is 0 Å². The maximum atomic E-state index is 12.6. The largest absolute Gasteiger partial charge is 0.273 e. The lowest BCUT2D eigenvalue weighted by Crippen LogP contribution is -2.33. The summed E-state index contributed by atoms with van der Waals surface area (Å²) < 4.78 is 50.2. The number of sulfonamides is 1. The fourth-order valence-electron chi connectivity index (χ4n) is 1.26. The number of carbonyl (C=O) groups is 1. The van der Waals surface area contributed by atoms with Gasteiger partial charge in [0.2, 0.25) is 5.91 Å². The zero-order valence-electron chi connectivity index (χ0n) is 8.41. The molecular weight excluding hydrogens is 331 g/mol. The maximum absolute atomic E-state index is 12.6. The van der Waals surface area contributed by atoms with Crippen LogP contribution in [0.4, 0.5) is 8.78 Å². The molecule has 18 heavy (non-hydrogen) atoms. The Labute approximate surface area is 115 Å². The van der Waals surface area contributed by atoms with Crippen LogP contribution in [-0.4, -0.2) is 20.2 Å². The van der Waals surface area contributed by atoms with Crippen molar-refractivity contribution in [2.75, 3.05) is 0 Å². The van der Waals surface area contributed by atoms with Gasteiger partial charge in [0.15, 0.2) is 0 Å². The highest BCUT2D eigenvalue weighted by Gasteiger charge is 2.61. The van der Waals surface area contributed by atoms with Gasteiger partial charge in [-0.05, 0) is 6.07 Å². The van der Waals surface area contributed by atoms with E-state index in [4.69, 9.17) is 23.2 Å². The summed E-state index contributed by atoms with van der Waals surface area (Å²) in [6.45, 7) is 0. The molecule has 2 rings (SSSR count). The molecule has 1 fully saturated rings. The number of amides is 1. The van der Waals surface area contributed by atoms with Gasteiger partial charge in [-0.25, -0.2) is 21.9 Å². The smallest absolute Gasteiger partial charge is 0.266 e. The summed E-state index contributed by atoms with van der Waals surface area (Å²) >= 11 is 12.0. The van der Waals surface area contributed by atoms with Crippen LogP contribution in [0.1, 0.15) is 6.42 Å². The molecule has 0 spiro atoms. The number of halogens is 4. The van der Waals surface area contributed by atoms with Gasteiger partial charge in [0.05, 0.1) is 4.34 Å². The molecule has 0 saturated heterocycles. The summed E-state index contributed by atoms with van der Waals surface area (Å²) in [5, 5.41) is 0. The molecule has 1 amide bonds. The summed E-state index contributed by atoms with van der Waals surface area (Å²) in [6.07, 6.45) is -0.646. The van der Waals surface area contributed by atoms with Crippen LogP contribution in [0.3, 0.4) is 0 Å². The van der Waals surface area contributed by atoms with Gasteiger partial charge in [-0.15, -0.1) is 11.3 Å². The van der Waals surface area contributed by atoms with Crippen LogP contribution in [0, 0.1) is 5.92 Å². The Hall–Kier alpha value is -0.440. The quantitative estimate of drug-likeness (QED) is 0.923. The van der Waals surface area contributed by atoms with Crippen molar-refractivity contribution in [3.8, 4) is 0 Å². The highest BCUT2D eigenvalue weighted by atomic mass is 35.5. The van der Waals surface area contributed by atoms with Gasteiger partial charge in [-0.2, -0.15) is 0 Å². The minimum absolute atomic E-state index is 0.115. The van der Waals surface area contributed by atoms with Gasteiger partial charge in [0.1, 0.15) is 15.1 Å². The van der Waals surface area contributed by atoms with E-state index in [0.29, 0.717) is 0 Å². The number of thiophene rings is 1. The molecule has 0 radical (unpaired) electrons. The predicted octanol–water partition coefficient (Wildman–Crippen LogP) is 2.52. The number of hydrogen-bond donors (Lipinski definition) is 1. The summed E-state index contributed by atoms with van der Waals surface area (Å²) in [5.74, 6) is -5.96. The molecule has 1 aromatic rings. The molecule has 1 aliphatic carbocycles. The van der Waals surface area contributed by atoms with Crippen molar-refractivity contribution in [3.05, 3.63) is 14.7 Å². The monoisotopic (exact) mass is 335 g/mol. The fourth-order valence-corrected chi connectivity index (χ4v) is 4.43. The van der Waals surface area contributed by atoms with E-state index < -0.39 is 39.1 Å². The first kappa shape index (κ1) is 14.0. The number of alkyl halides is 2. The molecule has 1 aliphatic rings. The molecule has 1 saturated carbocycles. The third-order valence-electron chi connectivity index (χ3n) is 2.29. The van der Waals surface area contributed by atoms with Crippen LogP contribution in [0.5, 0.6) is 0 Å². The van der Waals surface area contributed by atoms with Gasteiger partial charge in [0, 0.05) is 6.42 Å². The number of nitrogens with one attached hydrogen (secondary N) is 1. The summed E-state index contributed by atoms with van der Waals surface area (Å²) in [6, 6.07) is 1.05. The van der Waals surface area contributed by atoms with Gasteiger partial charge in [0.25, 0.3) is 15.9 Å².